The van der Waals surface area contributed by atoms with E-state index in [1.807, 2.05) is 0 Å². The lowest BCUT2D eigenvalue weighted by Crippen LogP contribution is -2.30. The number of ether oxygens (including phenoxy) is 2. The van der Waals surface area contributed by atoms with E-state index in [2.05, 4.69) is 16.0 Å². The zero-order chi connectivity index (χ0) is 36.4. The minimum Gasteiger partial charge on any atom is -0.497 e. The van der Waals surface area contributed by atoms with Crippen LogP contribution >= 0.6 is 11.8 Å². The van der Waals surface area contributed by atoms with E-state index >= 15 is 0 Å². The number of alkyl halides is 3. The van der Waals surface area contributed by atoms with Crippen LogP contribution in [0.15, 0.2) is 138 Å². The van der Waals surface area contributed by atoms with E-state index in [9.17, 15) is 27.6 Å². The van der Waals surface area contributed by atoms with Crippen LogP contribution in [0.4, 0.5) is 24.5 Å². The Labute approximate surface area is 296 Å². The summed E-state index contributed by atoms with van der Waals surface area (Å²) >= 11 is 1.09. The Morgan fingerprint density at radius 2 is 1.43 bits per heavy atom. The van der Waals surface area contributed by atoms with Gasteiger partial charge in [0.1, 0.15) is 22.4 Å². The lowest BCUT2D eigenvalue weighted by molar-refractivity contribution is -0.137. The van der Waals surface area contributed by atoms with Gasteiger partial charge in [-0.15, -0.1) is 11.8 Å². The number of carbonyl (C=O) groups excluding carboxylic acids is 3. The fourth-order valence-corrected chi connectivity index (χ4v) is 6.04. The first-order valence-corrected chi connectivity index (χ1v) is 16.3. The number of methoxy groups -OCH3 is 2. The first-order chi connectivity index (χ1) is 24.5. The van der Waals surface area contributed by atoms with Gasteiger partial charge in [0.05, 0.1) is 25.5 Å². The SMILES string of the molecule is COc1ccc(/C=C(/NC(=O)c2ccccc2)C(=O)Nc2cccc(SC(C(=O)Nc3ccccc3C(F)(F)F)c3ccccc3)c2)c(OC)c1. The molecule has 0 saturated carbocycles. The first-order valence-electron chi connectivity index (χ1n) is 15.5. The van der Waals surface area contributed by atoms with Gasteiger partial charge in [-0.2, -0.15) is 13.2 Å². The van der Waals surface area contributed by atoms with Gasteiger partial charge in [-0.1, -0.05) is 66.7 Å². The zero-order valence-corrected chi connectivity index (χ0v) is 28.2. The highest BCUT2D eigenvalue weighted by atomic mass is 32.2. The fraction of sp³-hybridized carbons (Fsp3) is 0.103. The highest BCUT2D eigenvalue weighted by Crippen LogP contribution is 2.39. The van der Waals surface area contributed by atoms with Crippen LogP contribution in [0, 0.1) is 0 Å². The Morgan fingerprint density at radius 1 is 0.745 bits per heavy atom. The monoisotopic (exact) mass is 711 g/mol. The fourth-order valence-electron chi connectivity index (χ4n) is 4.96. The normalized spacial score (nSPS) is 12.0. The molecular formula is C39H32F3N3O5S. The molecule has 0 heterocycles. The summed E-state index contributed by atoms with van der Waals surface area (Å²) in [6, 6.07) is 33.4. The van der Waals surface area contributed by atoms with Crippen LogP contribution in [0.1, 0.15) is 32.3 Å². The number of amides is 3. The summed E-state index contributed by atoms with van der Waals surface area (Å²) in [4.78, 5) is 41.1. The second kappa shape index (κ2) is 16.6. The van der Waals surface area contributed by atoms with Gasteiger partial charge in [0.25, 0.3) is 11.8 Å². The summed E-state index contributed by atoms with van der Waals surface area (Å²) in [5, 5.41) is 6.98. The Balaban J connectivity index is 1.42. The zero-order valence-electron chi connectivity index (χ0n) is 27.4. The van der Waals surface area contributed by atoms with Gasteiger partial charge in [0.15, 0.2) is 0 Å². The molecule has 0 aromatic heterocycles. The van der Waals surface area contributed by atoms with Gasteiger partial charge in [-0.25, -0.2) is 0 Å². The van der Waals surface area contributed by atoms with Crippen molar-refractivity contribution in [1.29, 1.82) is 0 Å². The van der Waals surface area contributed by atoms with Crippen LogP contribution in [0.2, 0.25) is 0 Å². The van der Waals surface area contributed by atoms with Crippen molar-refractivity contribution in [2.45, 2.75) is 16.3 Å². The summed E-state index contributed by atoms with van der Waals surface area (Å²) in [5.41, 5.74) is 0.306. The maximum atomic E-state index is 13.8. The van der Waals surface area contributed by atoms with E-state index in [4.69, 9.17) is 9.47 Å². The molecule has 1 atom stereocenters. The van der Waals surface area contributed by atoms with Crippen LogP contribution in [-0.4, -0.2) is 31.9 Å². The van der Waals surface area contributed by atoms with Crippen LogP contribution in [0.25, 0.3) is 6.08 Å². The molecule has 51 heavy (non-hydrogen) atoms. The molecule has 0 radical (unpaired) electrons. The van der Waals surface area contributed by atoms with E-state index in [-0.39, 0.29) is 11.4 Å². The van der Waals surface area contributed by atoms with Gasteiger partial charge in [0, 0.05) is 27.8 Å². The highest BCUT2D eigenvalue weighted by molar-refractivity contribution is 8.00. The molecule has 260 valence electrons. The molecule has 0 aliphatic rings. The van der Waals surface area contributed by atoms with Crippen molar-refractivity contribution < 1.29 is 37.0 Å². The third-order valence-electron chi connectivity index (χ3n) is 7.45. The molecule has 5 aromatic rings. The van der Waals surface area contributed by atoms with Gasteiger partial charge < -0.3 is 25.4 Å². The van der Waals surface area contributed by atoms with Crippen molar-refractivity contribution in [3.63, 3.8) is 0 Å². The highest BCUT2D eigenvalue weighted by Gasteiger charge is 2.34. The van der Waals surface area contributed by atoms with E-state index in [1.54, 1.807) is 103 Å². The summed E-state index contributed by atoms with van der Waals surface area (Å²) in [5.74, 6) is -0.905. The van der Waals surface area contributed by atoms with Crippen molar-refractivity contribution in [2.75, 3.05) is 24.9 Å². The molecular weight excluding hydrogens is 680 g/mol. The number of halogens is 3. The Kier molecular flexibility index (Phi) is 11.8. The molecule has 3 N–H and O–H groups in total. The van der Waals surface area contributed by atoms with Crippen molar-refractivity contribution in [3.8, 4) is 11.5 Å². The maximum absolute atomic E-state index is 13.8. The van der Waals surface area contributed by atoms with E-state index in [1.165, 1.54) is 38.5 Å². The van der Waals surface area contributed by atoms with Crippen LogP contribution < -0.4 is 25.4 Å². The number of benzene rings is 5. The number of thioether (sulfide) groups is 1. The molecule has 0 saturated heterocycles. The number of hydrogen-bond donors (Lipinski definition) is 3. The van der Waals surface area contributed by atoms with Gasteiger partial charge in [-0.05, 0) is 66.2 Å². The second-order valence-electron chi connectivity index (χ2n) is 10.9. The lowest BCUT2D eigenvalue weighted by atomic mass is 10.1. The lowest BCUT2D eigenvalue weighted by Gasteiger charge is -2.19. The Bertz CT molecular complexity index is 2040. The van der Waals surface area contributed by atoms with Crippen LogP contribution in [-0.2, 0) is 15.8 Å². The molecule has 12 heteroatoms. The van der Waals surface area contributed by atoms with Gasteiger partial charge in [-0.3, -0.25) is 14.4 Å². The largest absolute Gasteiger partial charge is 0.497 e. The first kappa shape index (κ1) is 36.3. The molecule has 3 amide bonds. The standard InChI is InChI=1S/C39H32F3N3O5S/c1-49-29-21-20-27(34(24-29)50-2)22-33(45-36(46)26-14-7-4-8-15-26)37(47)43-28-16-11-17-30(23-28)51-35(25-12-5-3-6-13-25)38(48)44-32-19-10-9-18-31(32)39(40,41)42/h3-24,35H,1-2H3,(H,43,47)(H,44,48)(H,45,46)/b33-22+. The molecule has 8 nitrogen and oxygen atoms in total. The number of nitrogens with one attached hydrogen (secondary N) is 3. The van der Waals surface area contributed by atoms with Crippen molar-refractivity contribution in [1.82, 2.24) is 5.32 Å². The molecule has 5 rings (SSSR count). The van der Waals surface area contributed by atoms with Crippen LogP contribution in [0.5, 0.6) is 11.5 Å². The molecule has 0 fully saturated rings. The molecule has 5 aromatic carbocycles. The van der Waals surface area contributed by atoms with E-state index < -0.39 is 34.7 Å². The van der Waals surface area contributed by atoms with E-state index in [0.29, 0.717) is 38.8 Å². The summed E-state index contributed by atoms with van der Waals surface area (Å²) < 4.78 is 51.8. The molecule has 0 aliphatic heterocycles. The van der Waals surface area contributed by atoms with Crippen molar-refractivity contribution in [3.05, 3.63) is 155 Å². The second-order valence-corrected chi connectivity index (χ2v) is 12.1. The summed E-state index contributed by atoms with van der Waals surface area (Å²) in [7, 11) is 2.98. The Hall–Kier alpha value is -6.01. The molecule has 0 bridgehead atoms. The van der Waals surface area contributed by atoms with Gasteiger partial charge in [0.2, 0.25) is 5.91 Å². The average Bonchev–Trinajstić information content (AvgIpc) is 3.14. The average molecular weight is 712 g/mol. The Morgan fingerprint density at radius 3 is 2.12 bits per heavy atom. The summed E-state index contributed by atoms with van der Waals surface area (Å²) in [6.07, 6.45) is -3.19. The van der Waals surface area contributed by atoms with Crippen molar-refractivity contribution in [2.24, 2.45) is 0 Å². The minimum absolute atomic E-state index is 0.0877. The number of rotatable bonds is 12. The third-order valence-corrected chi connectivity index (χ3v) is 8.69. The topological polar surface area (TPSA) is 106 Å². The number of carbonyl (C=O) groups is 3. The van der Waals surface area contributed by atoms with Crippen molar-refractivity contribution >= 4 is 46.9 Å². The minimum atomic E-state index is -4.67. The molecule has 1 unspecified atom stereocenters. The summed E-state index contributed by atoms with van der Waals surface area (Å²) in [6.45, 7) is 0. The third kappa shape index (κ3) is 9.58. The number of hydrogen-bond acceptors (Lipinski definition) is 6. The number of anilines is 2. The number of para-hydroxylation sites is 1. The van der Waals surface area contributed by atoms with Crippen LogP contribution in [0.3, 0.4) is 0 Å². The predicted molar refractivity (Wildman–Crippen MR) is 192 cm³/mol. The van der Waals surface area contributed by atoms with Gasteiger partial charge >= 0.3 is 6.18 Å². The quantitative estimate of drug-likeness (QED) is 0.0885. The predicted octanol–water partition coefficient (Wildman–Crippen LogP) is 8.60. The van der Waals surface area contributed by atoms with E-state index in [0.717, 1.165) is 17.8 Å². The molecule has 0 spiro atoms. The smallest absolute Gasteiger partial charge is 0.418 e. The molecule has 0 aliphatic carbocycles. The maximum Gasteiger partial charge on any atom is 0.418 e.